The average molecular weight is 490 g/mol. The molecule has 2 aromatic heterocycles. The number of hydrogen-bond acceptors (Lipinski definition) is 6. The Bertz CT molecular complexity index is 1310. The predicted molar refractivity (Wildman–Crippen MR) is 128 cm³/mol. The van der Waals surface area contributed by atoms with Crippen LogP contribution in [0.5, 0.6) is 0 Å². The van der Waals surface area contributed by atoms with Crippen molar-refractivity contribution in [3.05, 3.63) is 62.8 Å². The number of aromatic nitrogens is 3. The van der Waals surface area contributed by atoms with Gasteiger partial charge in [-0.2, -0.15) is 0 Å². The molecular weight excluding hydrogens is 460 g/mol. The van der Waals surface area contributed by atoms with E-state index in [0.29, 0.717) is 0 Å². The predicted octanol–water partition coefficient (Wildman–Crippen LogP) is 3.33. The van der Waals surface area contributed by atoms with Crippen molar-refractivity contribution in [3.8, 4) is 11.3 Å². The number of amides is 1. The van der Waals surface area contributed by atoms with E-state index >= 15 is 0 Å². The maximum Gasteiger partial charge on any atom is 0.330 e. The number of nitrogens with zero attached hydrogens (tertiary/aromatic N) is 3. The van der Waals surface area contributed by atoms with E-state index in [2.05, 4.69) is 9.97 Å². The lowest BCUT2D eigenvalue weighted by Gasteiger charge is -2.26. The SMILES string of the molecule is CC(C)CN(C(=O)CCc1ncc(-c2c(F)cccc2F)o1)c1c(N)n(CC(C)C)c(=O)[nH]c1=O. The van der Waals surface area contributed by atoms with Gasteiger partial charge in [-0.15, -0.1) is 0 Å². The molecule has 35 heavy (non-hydrogen) atoms. The fourth-order valence-electron chi connectivity index (χ4n) is 3.69. The first-order valence-corrected chi connectivity index (χ1v) is 11.3. The second kappa shape index (κ2) is 10.7. The van der Waals surface area contributed by atoms with Gasteiger partial charge in [0.2, 0.25) is 5.91 Å². The second-order valence-corrected chi connectivity index (χ2v) is 9.11. The van der Waals surface area contributed by atoms with E-state index in [9.17, 15) is 23.2 Å². The standard InChI is InChI=1S/C24H29F2N5O4/c1-13(2)11-30(21-22(27)31(12-14(3)4)24(34)29-23(21)33)19(32)9-8-18-28-10-17(35-18)20-15(25)6-5-7-16(20)26/h5-7,10,13-14H,8-9,11-12,27H2,1-4H3,(H,29,33,34). The monoisotopic (exact) mass is 489 g/mol. The molecule has 9 nitrogen and oxygen atoms in total. The first-order chi connectivity index (χ1) is 16.5. The third-order valence-corrected chi connectivity index (χ3v) is 5.20. The number of nitrogen functional groups attached to an aromatic ring is 1. The van der Waals surface area contributed by atoms with Gasteiger partial charge >= 0.3 is 5.69 Å². The van der Waals surface area contributed by atoms with Crippen LogP contribution >= 0.6 is 0 Å². The average Bonchev–Trinajstić information content (AvgIpc) is 3.22. The van der Waals surface area contributed by atoms with Crippen LogP contribution in [0, 0.1) is 23.5 Å². The van der Waals surface area contributed by atoms with Crippen LogP contribution in [0.2, 0.25) is 0 Å². The maximum absolute atomic E-state index is 14.0. The lowest BCUT2D eigenvalue weighted by atomic mass is 10.1. The second-order valence-electron chi connectivity index (χ2n) is 9.11. The van der Waals surface area contributed by atoms with Gasteiger partial charge in [-0.25, -0.2) is 18.6 Å². The number of rotatable bonds is 9. The molecule has 0 fully saturated rings. The van der Waals surface area contributed by atoms with Gasteiger partial charge in [0.25, 0.3) is 5.56 Å². The van der Waals surface area contributed by atoms with Gasteiger partial charge in [-0.3, -0.25) is 19.1 Å². The van der Waals surface area contributed by atoms with Crippen LogP contribution in [0.15, 0.2) is 38.4 Å². The smallest absolute Gasteiger partial charge is 0.330 e. The summed E-state index contributed by atoms with van der Waals surface area (Å²) in [6, 6.07) is 3.45. The number of H-pyrrole nitrogens is 1. The number of nitrogens with two attached hydrogens (primary N) is 1. The Morgan fingerprint density at radius 3 is 2.43 bits per heavy atom. The highest BCUT2D eigenvalue weighted by molar-refractivity contribution is 5.95. The van der Waals surface area contributed by atoms with E-state index in [4.69, 9.17) is 10.2 Å². The molecule has 0 aliphatic heterocycles. The minimum atomic E-state index is -0.793. The molecule has 1 amide bonds. The molecule has 0 atom stereocenters. The molecule has 0 unspecified atom stereocenters. The Morgan fingerprint density at radius 2 is 1.83 bits per heavy atom. The molecule has 0 bridgehead atoms. The fraction of sp³-hybridized carbons (Fsp3) is 0.417. The number of halogens is 2. The zero-order chi connectivity index (χ0) is 25.9. The summed E-state index contributed by atoms with van der Waals surface area (Å²) in [5.74, 6) is -2.05. The molecule has 1 aromatic carbocycles. The van der Waals surface area contributed by atoms with Crippen molar-refractivity contribution in [1.82, 2.24) is 14.5 Å². The Hall–Kier alpha value is -3.76. The highest BCUT2D eigenvalue weighted by Crippen LogP contribution is 2.27. The molecule has 0 radical (unpaired) electrons. The van der Waals surface area contributed by atoms with Gasteiger partial charge in [-0.05, 0) is 24.0 Å². The van der Waals surface area contributed by atoms with Crippen molar-refractivity contribution in [3.63, 3.8) is 0 Å². The Morgan fingerprint density at radius 1 is 1.17 bits per heavy atom. The molecule has 3 aromatic rings. The van der Waals surface area contributed by atoms with E-state index < -0.39 is 28.8 Å². The third-order valence-electron chi connectivity index (χ3n) is 5.20. The zero-order valence-electron chi connectivity index (χ0n) is 20.1. The summed E-state index contributed by atoms with van der Waals surface area (Å²) in [5.41, 5.74) is 4.37. The van der Waals surface area contributed by atoms with Crippen LogP contribution in [-0.4, -0.2) is 27.0 Å². The molecule has 0 spiro atoms. The number of anilines is 2. The number of benzene rings is 1. The molecule has 2 heterocycles. The number of carbonyl (C=O) groups excluding carboxylic acids is 1. The van der Waals surface area contributed by atoms with Gasteiger partial charge in [0.1, 0.15) is 17.5 Å². The molecular formula is C24H29F2N5O4. The molecule has 3 rings (SSSR count). The van der Waals surface area contributed by atoms with Crippen molar-refractivity contribution in [2.45, 2.75) is 47.1 Å². The number of hydrogen-bond donors (Lipinski definition) is 2. The fourth-order valence-corrected chi connectivity index (χ4v) is 3.69. The number of oxazole rings is 1. The minimum Gasteiger partial charge on any atom is -0.441 e. The summed E-state index contributed by atoms with van der Waals surface area (Å²) < 4.78 is 34.8. The van der Waals surface area contributed by atoms with E-state index in [-0.39, 0.29) is 66.5 Å². The van der Waals surface area contributed by atoms with Crippen molar-refractivity contribution in [2.24, 2.45) is 11.8 Å². The maximum atomic E-state index is 14.0. The Balaban J connectivity index is 1.87. The van der Waals surface area contributed by atoms with Crippen LogP contribution in [0.3, 0.4) is 0 Å². The summed E-state index contributed by atoms with van der Waals surface area (Å²) in [4.78, 5) is 45.7. The number of carbonyl (C=O) groups is 1. The molecule has 0 saturated carbocycles. The summed E-state index contributed by atoms with van der Waals surface area (Å²) in [6.45, 7) is 7.99. The first-order valence-electron chi connectivity index (χ1n) is 11.3. The van der Waals surface area contributed by atoms with Crippen molar-refractivity contribution in [2.75, 3.05) is 17.2 Å². The quantitative estimate of drug-likeness (QED) is 0.475. The third kappa shape index (κ3) is 5.84. The summed E-state index contributed by atoms with van der Waals surface area (Å²) in [6.07, 6.45) is 1.10. The van der Waals surface area contributed by atoms with E-state index in [1.54, 1.807) is 0 Å². The molecule has 0 saturated heterocycles. The van der Waals surface area contributed by atoms with Crippen LogP contribution in [0.1, 0.15) is 40.0 Å². The number of nitrogens with one attached hydrogen (secondary N) is 1. The lowest BCUT2D eigenvalue weighted by molar-refractivity contribution is -0.118. The lowest BCUT2D eigenvalue weighted by Crippen LogP contribution is -2.43. The van der Waals surface area contributed by atoms with E-state index in [1.165, 1.54) is 21.7 Å². The topological polar surface area (TPSA) is 127 Å². The summed E-state index contributed by atoms with van der Waals surface area (Å²) in [7, 11) is 0. The van der Waals surface area contributed by atoms with Crippen molar-refractivity contribution >= 4 is 17.4 Å². The Labute approximate surface area is 200 Å². The van der Waals surface area contributed by atoms with Gasteiger partial charge in [-0.1, -0.05) is 33.8 Å². The molecule has 0 aliphatic carbocycles. The van der Waals surface area contributed by atoms with Gasteiger partial charge in [0.05, 0.1) is 11.8 Å². The van der Waals surface area contributed by atoms with Crippen LogP contribution < -0.4 is 21.9 Å². The van der Waals surface area contributed by atoms with Gasteiger partial charge < -0.3 is 15.1 Å². The van der Waals surface area contributed by atoms with E-state index in [0.717, 1.165) is 12.1 Å². The molecule has 188 valence electrons. The normalized spacial score (nSPS) is 11.4. The first kappa shape index (κ1) is 25.9. The molecule has 0 aliphatic rings. The van der Waals surface area contributed by atoms with Gasteiger partial charge in [0.15, 0.2) is 17.3 Å². The highest BCUT2D eigenvalue weighted by Gasteiger charge is 2.26. The molecule has 3 N–H and O–H groups in total. The van der Waals surface area contributed by atoms with Crippen molar-refractivity contribution < 1.29 is 18.0 Å². The summed E-state index contributed by atoms with van der Waals surface area (Å²) in [5, 5.41) is 0. The number of aryl methyl sites for hydroxylation is 1. The van der Waals surface area contributed by atoms with Crippen LogP contribution in [-0.2, 0) is 17.8 Å². The highest BCUT2D eigenvalue weighted by atomic mass is 19.1. The summed E-state index contributed by atoms with van der Waals surface area (Å²) >= 11 is 0. The Kier molecular flexibility index (Phi) is 7.88. The van der Waals surface area contributed by atoms with Gasteiger partial charge in [0, 0.05) is 25.9 Å². The van der Waals surface area contributed by atoms with Crippen LogP contribution in [0.4, 0.5) is 20.3 Å². The minimum absolute atomic E-state index is 0.0133. The van der Waals surface area contributed by atoms with Crippen LogP contribution in [0.25, 0.3) is 11.3 Å². The van der Waals surface area contributed by atoms with Crippen molar-refractivity contribution in [1.29, 1.82) is 0 Å². The molecule has 11 heteroatoms. The van der Waals surface area contributed by atoms with E-state index in [1.807, 2.05) is 27.7 Å². The number of aromatic amines is 1. The largest absolute Gasteiger partial charge is 0.441 e. The zero-order valence-corrected chi connectivity index (χ0v) is 20.1.